The topological polar surface area (TPSA) is 60.8 Å². The monoisotopic (exact) mass is 213 g/mol. The van der Waals surface area contributed by atoms with E-state index in [0.29, 0.717) is 6.54 Å². The van der Waals surface area contributed by atoms with Crippen molar-refractivity contribution in [2.45, 2.75) is 31.8 Å². The average molecular weight is 213 g/mol. The number of aliphatic hydroxyl groups is 1. The first-order valence-electron chi connectivity index (χ1n) is 5.80. The largest absolute Gasteiger partial charge is 0.479 e. The first kappa shape index (κ1) is 10.9. The van der Waals surface area contributed by atoms with E-state index in [4.69, 9.17) is 5.11 Å². The van der Waals surface area contributed by atoms with Crippen LogP contribution in [0.1, 0.15) is 25.7 Å². The Balaban J connectivity index is 1.83. The fourth-order valence-electron chi connectivity index (χ4n) is 2.97. The predicted molar refractivity (Wildman–Crippen MR) is 55.5 cm³/mol. The third-order valence-corrected chi connectivity index (χ3v) is 3.77. The van der Waals surface area contributed by atoms with Crippen molar-refractivity contribution in [1.29, 1.82) is 0 Å². The molecule has 0 aromatic heterocycles. The molecule has 15 heavy (non-hydrogen) atoms. The maximum Gasteiger partial charge on any atom is 0.333 e. The molecule has 4 heteroatoms. The van der Waals surface area contributed by atoms with E-state index in [1.165, 1.54) is 25.7 Å². The molecule has 86 valence electrons. The zero-order valence-corrected chi connectivity index (χ0v) is 8.93. The van der Waals surface area contributed by atoms with Gasteiger partial charge in [0.1, 0.15) is 0 Å². The Hall–Kier alpha value is -0.610. The van der Waals surface area contributed by atoms with E-state index in [9.17, 15) is 9.90 Å². The van der Waals surface area contributed by atoms with Crippen LogP contribution >= 0.6 is 0 Å². The van der Waals surface area contributed by atoms with Crippen LogP contribution in [0.4, 0.5) is 0 Å². The van der Waals surface area contributed by atoms with E-state index in [1.54, 1.807) is 0 Å². The molecule has 0 amide bonds. The molecule has 3 atom stereocenters. The van der Waals surface area contributed by atoms with E-state index >= 15 is 0 Å². The first-order chi connectivity index (χ1) is 7.16. The molecule has 1 saturated heterocycles. The molecule has 4 nitrogen and oxygen atoms in total. The van der Waals surface area contributed by atoms with Gasteiger partial charge in [-0.25, -0.2) is 4.79 Å². The summed E-state index contributed by atoms with van der Waals surface area (Å²) < 4.78 is 0. The van der Waals surface area contributed by atoms with Crippen molar-refractivity contribution in [2.24, 2.45) is 11.8 Å². The minimum atomic E-state index is -1.22. The molecule has 2 fully saturated rings. The molecule has 2 rings (SSSR count). The number of likely N-dealkylation sites (tertiary alicyclic amines) is 1. The normalized spacial score (nSPS) is 33.7. The molecule has 3 unspecified atom stereocenters. The molecule has 2 N–H and O–H groups in total. The van der Waals surface area contributed by atoms with Gasteiger partial charge in [-0.3, -0.25) is 4.90 Å². The highest BCUT2D eigenvalue weighted by Crippen LogP contribution is 2.35. The number of carbonyl (C=O) groups is 1. The number of nitrogens with zero attached hydrogens (tertiary/aromatic N) is 1. The summed E-state index contributed by atoms with van der Waals surface area (Å²) in [5.74, 6) is 0.393. The van der Waals surface area contributed by atoms with Gasteiger partial charge in [0.25, 0.3) is 0 Å². The number of carboxylic acids is 1. The van der Waals surface area contributed by atoms with Crippen molar-refractivity contribution >= 4 is 5.97 Å². The molecule has 0 spiro atoms. The zero-order valence-electron chi connectivity index (χ0n) is 8.93. The van der Waals surface area contributed by atoms with Gasteiger partial charge in [0.15, 0.2) is 6.10 Å². The summed E-state index contributed by atoms with van der Waals surface area (Å²) in [6.45, 7) is 2.26. The van der Waals surface area contributed by atoms with E-state index in [-0.39, 0.29) is 0 Å². The van der Waals surface area contributed by atoms with Gasteiger partial charge in [-0.15, -0.1) is 0 Å². The molecule has 1 saturated carbocycles. The van der Waals surface area contributed by atoms with Gasteiger partial charge in [0.05, 0.1) is 0 Å². The van der Waals surface area contributed by atoms with Crippen LogP contribution in [-0.4, -0.2) is 46.8 Å². The standard InChI is InChI=1S/C11H19NO3/c13-10(11(14)15)7-12-5-8-3-1-2-4-9(8)6-12/h8-10,13H,1-7H2,(H,14,15). The number of hydrogen-bond donors (Lipinski definition) is 2. The number of β-amino-alcohol motifs (C(OH)–C–C–N with tert-alkyl or cyclic N) is 1. The summed E-state index contributed by atoms with van der Waals surface area (Å²) in [7, 11) is 0. The molecule has 0 radical (unpaired) electrons. The molecular weight excluding hydrogens is 194 g/mol. The molecule has 0 aromatic carbocycles. The first-order valence-corrected chi connectivity index (χ1v) is 5.80. The van der Waals surface area contributed by atoms with E-state index in [1.807, 2.05) is 0 Å². The second-order valence-corrected chi connectivity index (χ2v) is 4.88. The Morgan fingerprint density at radius 3 is 2.27 bits per heavy atom. The Labute approximate surface area is 89.9 Å². The number of fused-ring (bicyclic) bond motifs is 1. The van der Waals surface area contributed by atoms with Crippen LogP contribution in [-0.2, 0) is 4.79 Å². The number of rotatable bonds is 3. The van der Waals surface area contributed by atoms with Crippen LogP contribution in [0.3, 0.4) is 0 Å². The Morgan fingerprint density at radius 2 is 1.80 bits per heavy atom. The molecule has 2 aliphatic rings. The fourth-order valence-corrected chi connectivity index (χ4v) is 2.97. The van der Waals surface area contributed by atoms with Crippen LogP contribution in [0.25, 0.3) is 0 Å². The summed E-state index contributed by atoms with van der Waals surface area (Å²) in [6, 6.07) is 0. The van der Waals surface area contributed by atoms with Crippen LogP contribution in [0.15, 0.2) is 0 Å². The maximum absolute atomic E-state index is 10.5. The van der Waals surface area contributed by atoms with Crippen molar-refractivity contribution in [3.8, 4) is 0 Å². The number of aliphatic hydroxyl groups excluding tert-OH is 1. The van der Waals surface area contributed by atoms with E-state index in [0.717, 1.165) is 24.9 Å². The summed E-state index contributed by atoms with van der Waals surface area (Å²) in [6.07, 6.45) is 3.98. The van der Waals surface area contributed by atoms with Gasteiger partial charge in [-0.2, -0.15) is 0 Å². The number of hydrogen-bond acceptors (Lipinski definition) is 3. The van der Waals surface area contributed by atoms with Gasteiger partial charge in [-0.05, 0) is 24.7 Å². The smallest absolute Gasteiger partial charge is 0.333 e. The molecule has 1 aliphatic carbocycles. The van der Waals surface area contributed by atoms with Gasteiger partial charge >= 0.3 is 5.97 Å². The highest BCUT2D eigenvalue weighted by atomic mass is 16.4. The van der Waals surface area contributed by atoms with Crippen LogP contribution in [0.5, 0.6) is 0 Å². The van der Waals surface area contributed by atoms with Crippen LogP contribution in [0.2, 0.25) is 0 Å². The average Bonchev–Trinajstić information content (AvgIpc) is 2.59. The minimum absolute atomic E-state index is 0.294. The molecule has 0 aromatic rings. The van der Waals surface area contributed by atoms with Crippen molar-refractivity contribution in [3.05, 3.63) is 0 Å². The summed E-state index contributed by atoms with van der Waals surface area (Å²) in [5, 5.41) is 17.9. The Morgan fingerprint density at radius 1 is 1.27 bits per heavy atom. The lowest BCUT2D eigenvalue weighted by atomic mass is 9.82. The van der Waals surface area contributed by atoms with E-state index in [2.05, 4.69) is 4.90 Å². The lowest BCUT2D eigenvalue weighted by Gasteiger charge is -2.23. The summed E-state index contributed by atoms with van der Waals surface area (Å²) in [4.78, 5) is 12.6. The Kier molecular flexibility index (Phi) is 3.26. The highest BCUT2D eigenvalue weighted by Gasteiger charge is 2.35. The highest BCUT2D eigenvalue weighted by molar-refractivity contribution is 5.72. The van der Waals surface area contributed by atoms with Gasteiger partial charge in [-0.1, -0.05) is 12.8 Å². The van der Waals surface area contributed by atoms with Crippen molar-refractivity contribution < 1.29 is 15.0 Å². The lowest BCUT2D eigenvalue weighted by Crippen LogP contribution is -2.35. The zero-order chi connectivity index (χ0) is 10.8. The van der Waals surface area contributed by atoms with Crippen molar-refractivity contribution in [3.63, 3.8) is 0 Å². The second-order valence-electron chi connectivity index (χ2n) is 4.88. The summed E-state index contributed by atoms with van der Waals surface area (Å²) >= 11 is 0. The summed E-state index contributed by atoms with van der Waals surface area (Å²) in [5.41, 5.74) is 0. The van der Waals surface area contributed by atoms with Crippen molar-refractivity contribution in [1.82, 2.24) is 4.90 Å². The quantitative estimate of drug-likeness (QED) is 0.719. The SMILES string of the molecule is O=C(O)C(O)CN1CC2CCCCC2C1. The third-order valence-electron chi connectivity index (χ3n) is 3.77. The van der Waals surface area contributed by atoms with Gasteiger partial charge in [0.2, 0.25) is 0 Å². The van der Waals surface area contributed by atoms with Crippen LogP contribution < -0.4 is 0 Å². The predicted octanol–water partition coefficient (Wildman–Crippen LogP) is 0.554. The molecule has 1 heterocycles. The van der Waals surface area contributed by atoms with Gasteiger partial charge in [0, 0.05) is 19.6 Å². The van der Waals surface area contributed by atoms with Crippen LogP contribution in [0, 0.1) is 11.8 Å². The molecular formula is C11H19NO3. The minimum Gasteiger partial charge on any atom is -0.479 e. The fraction of sp³-hybridized carbons (Fsp3) is 0.909. The van der Waals surface area contributed by atoms with Gasteiger partial charge < -0.3 is 10.2 Å². The lowest BCUT2D eigenvalue weighted by molar-refractivity contribution is -0.147. The maximum atomic E-state index is 10.5. The second kappa shape index (κ2) is 4.49. The van der Waals surface area contributed by atoms with E-state index < -0.39 is 12.1 Å². The van der Waals surface area contributed by atoms with Crippen molar-refractivity contribution in [2.75, 3.05) is 19.6 Å². The number of carboxylic acid groups (broad SMARTS) is 1. The molecule has 1 aliphatic heterocycles. The number of aliphatic carboxylic acids is 1. The molecule has 0 bridgehead atoms. The Bertz CT molecular complexity index is 230. The third kappa shape index (κ3) is 2.49.